The van der Waals surface area contributed by atoms with Gasteiger partial charge in [0.25, 0.3) is 5.56 Å². The molecule has 0 atom stereocenters. The number of aromatic amines is 1. The lowest BCUT2D eigenvalue weighted by Crippen LogP contribution is -2.38. The molecule has 0 aromatic carbocycles. The van der Waals surface area contributed by atoms with E-state index in [1.165, 1.54) is 17.9 Å². The maximum atomic E-state index is 12.0. The molecule has 7 nitrogen and oxygen atoms in total. The highest BCUT2D eigenvalue weighted by atomic mass is 16.2. The van der Waals surface area contributed by atoms with Gasteiger partial charge in [0.2, 0.25) is 0 Å². The predicted octanol–water partition coefficient (Wildman–Crippen LogP) is -0.625. The van der Waals surface area contributed by atoms with E-state index >= 15 is 0 Å². The van der Waals surface area contributed by atoms with Crippen molar-refractivity contribution in [3.63, 3.8) is 0 Å². The molecule has 0 radical (unpaired) electrons. The first-order valence-electron chi connectivity index (χ1n) is 5.80. The van der Waals surface area contributed by atoms with Crippen molar-refractivity contribution in [3.8, 4) is 0 Å². The Morgan fingerprint density at radius 1 is 1.39 bits per heavy atom. The van der Waals surface area contributed by atoms with E-state index in [4.69, 9.17) is 0 Å². The zero-order valence-corrected chi connectivity index (χ0v) is 10.8. The van der Waals surface area contributed by atoms with Crippen molar-refractivity contribution in [2.75, 3.05) is 20.6 Å². The van der Waals surface area contributed by atoms with E-state index in [-0.39, 0.29) is 11.2 Å². The summed E-state index contributed by atoms with van der Waals surface area (Å²) in [6.07, 6.45) is 2.26. The number of hydrogen-bond acceptors (Lipinski definition) is 4. The minimum absolute atomic E-state index is 0.321. The van der Waals surface area contributed by atoms with Gasteiger partial charge in [-0.1, -0.05) is 0 Å². The number of aryl methyl sites for hydroxylation is 1. The van der Waals surface area contributed by atoms with Crippen LogP contribution >= 0.6 is 0 Å². The van der Waals surface area contributed by atoms with Crippen LogP contribution < -0.4 is 11.2 Å². The van der Waals surface area contributed by atoms with Crippen molar-refractivity contribution >= 4 is 11.2 Å². The molecule has 0 saturated carbocycles. The van der Waals surface area contributed by atoms with Crippen LogP contribution in [0.1, 0.15) is 6.42 Å². The highest BCUT2D eigenvalue weighted by Crippen LogP contribution is 2.01. The second-order valence-corrected chi connectivity index (χ2v) is 4.56. The Hall–Kier alpha value is -1.89. The van der Waals surface area contributed by atoms with Gasteiger partial charge in [0.15, 0.2) is 5.65 Å². The number of aromatic nitrogens is 4. The smallest absolute Gasteiger partial charge is 0.332 e. The van der Waals surface area contributed by atoms with Crippen molar-refractivity contribution in [2.45, 2.75) is 13.0 Å². The lowest BCUT2D eigenvalue weighted by molar-refractivity contribution is 0.384. The Kier molecular flexibility index (Phi) is 3.33. The van der Waals surface area contributed by atoms with Gasteiger partial charge in [-0.2, -0.15) is 0 Å². The van der Waals surface area contributed by atoms with Crippen molar-refractivity contribution in [1.29, 1.82) is 0 Å². The number of imidazole rings is 1. The minimum Gasteiger partial charge on any atom is -0.339 e. The molecule has 0 amide bonds. The average molecular weight is 251 g/mol. The SMILES string of the molecule is CN(C)CCCn1c(=O)n(C)c(=O)c2[nH]cnc21. The third-order valence-corrected chi connectivity index (χ3v) is 2.90. The first kappa shape index (κ1) is 12.6. The van der Waals surface area contributed by atoms with Crippen LogP contribution in [0.4, 0.5) is 0 Å². The Morgan fingerprint density at radius 3 is 2.78 bits per heavy atom. The average Bonchev–Trinajstić information content (AvgIpc) is 2.79. The summed E-state index contributed by atoms with van der Waals surface area (Å²) in [7, 11) is 5.44. The molecule has 2 aromatic heterocycles. The molecule has 0 fully saturated rings. The molecule has 7 heteroatoms. The summed E-state index contributed by atoms with van der Waals surface area (Å²) in [5, 5.41) is 0. The highest BCUT2D eigenvalue weighted by molar-refractivity contribution is 5.68. The second kappa shape index (κ2) is 4.77. The molecular formula is C11H17N5O2. The van der Waals surface area contributed by atoms with Crippen molar-refractivity contribution in [1.82, 2.24) is 24.0 Å². The third kappa shape index (κ3) is 2.08. The summed E-state index contributed by atoms with van der Waals surface area (Å²) in [5.74, 6) is 0. The number of rotatable bonds is 4. The number of fused-ring (bicyclic) bond motifs is 1. The summed E-state index contributed by atoms with van der Waals surface area (Å²) >= 11 is 0. The fraction of sp³-hybridized carbons (Fsp3) is 0.545. The quantitative estimate of drug-likeness (QED) is 0.785. The van der Waals surface area contributed by atoms with Crippen LogP contribution in [0.5, 0.6) is 0 Å². The number of nitrogens with one attached hydrogen (secondary N) is 1. The molecule has 0 spiro atoms. The largest absolute Gasteiger partial charge is 0.339 e. The molecule has 18 heavy (non-hydrogen) atoms. The van der Waals surface area contributed by atoms with Crippen LogP contribution in [0.3, 0.4) is 0 Å². The van der Waals surface area contributed by atoms with Gasteiger partial charge in [0.1, 0.15) is 5.52 Å². The Labute approximate surface area is 104 Å². The lowest BCUT2D eigenvalue weighted by atomic mass is 10.4. The molecular weight excluding hydrogens is 234 g/mol. The van der Waals surface area contributed by atoms with Crippen LogP contribution in [0.25, 0.3) is 11.2 Å². The normalized spacial score (nSPS) is 11.6. The van der Waals surface area contributed by atoms with Crippen molar-refractivity contribution in [3.05, 3.63) is 27.2 Å². The Morgan fingerprint density at radius 2 is 2.11 bits per heavy atom. The maximum absolute atomic E-state index is 12.0. The molecule has 2 aromatic rings. The van der Waals surface area contributed by atoms with Gasteiger partial charge >= 0.3 is 5.69 Å². The van der Waals surface area contributed by atoms with Gasteiger partial charge in [-0.3, -0.25) is 13.9 Å². The monoisotopic (exact) mass is 251 g/mol. The van der Waals surface area contributed by atoms with E-state index in [2.05, 4.69) is 14.9 Å². The van der Waals surface area contributed by atoms with Crippen LogP contribution in [-0.4, -0.2) is 44.6 Å². The fourth-order valence-corrected chi connectivity index (χ4v) is 1.92. The summed E-state index contributed by atoms with van der Waals surface area (Å²) in [5.41, 5.74) is 0.151. The van der Waals surface area contributed by atoms with E-state index in [0.29, 0.717) is 17.7 Å². The van der Waals surface area contributed by atoms with Crippen LogP contribution in [0, 0.1) is 0 Å². The second-order valence-electron chi connectivity index (χ2n) is 4.56. The molecule has 0 aliphatic carbocycles. The summed E-state index contributed by atoms with van der Waals surface area (Å²) in [6, 6.07) is 0. The van der Waals surface area contributed by atoms with Gasteiger partial charge in [0, 0.05) is 13.6 Å². The number of H-pyrrole nitrogens is 1. The molecule has 2 heterocycles. The van der Waals surface area contributed by atoms with Crippen molar-refractivity contribution < 1.29 is 0 Å². The molecule has 1 N–H and O–H groups in total. The first-order chi connectivity index (χ1) is 8.52. The molecule has 2 rings (SSSR count). The van der Waals surface area contributed by atoms with E-state index in [9.17, 15) is 9.59 Å². The summed E-state index contributed by atoms with van der Waals surface area (Å²) < 4.78 is 2.65. The van der Waals surface area contributed by atoms with Gasteiger partial charge in [-0.05, 0) is 27.1 Å². The van der Waals surface area contributed by atoms with E-state index < -0.39 is 0 Å². The van der Waals surface area contributed by atoms with Gasteiger partial charge < -0.3 is 9.88 Å². The van der Waals surface area contributed by atoms with E-state index in [1.807, 2.05) is 14.1 Å². The molecule has 0 aliphatic rings. The first-order valence-corrected chi connectivity index (χ1v) is 5.80. The molecule has 0 unspecified atom stereocenters. The van der Waals surface area contributed by atoms with E-state index in [1.54, 1.807) is 0 Å². The number of nitrogens with zero attached hydrogens (tertiary/aromatic N) is 4. The zero-order valence-electron chi connectivity index (χ0n) is 10.8. The fourth-order valence-electron chi connectivity index (χ4n) is 1.92. The molecule has 0 bridgehead atoms. The zero-order chi connectivity index (χ0) is 13.3. The molecule has 0 aliphatic heterocycles. The van der Waals surface area contributed by atoms with Crippen LogP contribution in [0.2, 0.25) is 0 Å². The van der Waals surface area contributed by atoms with Gasteiger partial charge in [-0.25, -0.2) is 9.78 Å². The van der Waals surface area contributed by atoms with Crippen LogP contribution in [-0.2, 0) is 13.6 Å². The number of hydrogen-bond donors (Lipinski definition) is 1. The third-order valence-electron chi connectivity index (χ3n) is 2.90. The lowest BCUT2D eigenvalue weighted by Gasteiger charge is -2.11. The molecule has 98 valence electrons. The summed E-state index contributed by atoms with van der Waals surface area (Å²) in [4.78, 5) is 32.7. The standard InChI is InChI=1S/C11H17N5O2/c1-14(2)5-4-6-16-9-8(12-7-13-9)10(17)15(3)11(16)18/h7H,4-6H2,1-3H3,(H,12,13). The Bertz CT molecular complexity index is 664. The maximum Gasteiger partial charge on any atom is 0.332 e. The summed E-state index contributed by atoms with van der Waals surface area (Å²) in [6.45, 7) is 1.42. The molecule has 0 saturated heterocycles. The Balaban J connectivity index is 2.46. The van der Waals surface area contributed by atoms with E-state index in [0.717, 1.165) is 17.5 Å². The predicted molar refractivity (Wildman–Crippen MR) is 68.8 cm³/mol. The van der Waals surface area contributed by atoms with Gasteiger partial charge in [-0.15, -0.1) is 0 Å². The highest BCUT2D eigenvalue weighted by Gasteiger charge is 2.12. The van der Waals surface area contributed by atoms with Crippen molar-refractivity contribution in [2.24, 2.45) is 7.05 Å². The minimum atomic E-state index is -0.337. The van der Waals surface area contributed by atoms with Crippen LogP contribution in [0.15, 0.2) is 15.9 Å². The topological polar surface area (TPSA) is 75.9 Å². The van der Waals surface area contributed by atoms with Gasteiger partial charge in [0.05, 0.1) is 6.33 Å².